The van der Waals surface area contributed by atoms with Gasteiger partial charge >= 0.3 is 0 Å². The van der Waals surface area contributed by atoms with Crippen LogP contribution in [0.2, 0.25) is 0 Å². The fourth-order valence-electron chi connectivity index (χ4n) is 4.02. The standard InChI is InChI=1S/C13H23NO/c1-12(2)10-4-7-13(12,8-5-10)9-6-11(15)14-3/h10H,4-9H2,1-3H3,(H,14,15). The van der Waals surface area contributed by atoms with Gasteiger partial charge in [0, 0.05) is 13.5 Å². The van der Waals surface area contributed by atoms with Crippen LogP contribution in [0.5, 0.6) is 0 Å². The van der Waals surface area contributed by atoms with E-state index in [2.05, 4.69) is 19.2 Å². The van der Waals surface area contributed by atoms with Crippen molar-refractivity contribution >= 4 is 5.91 Å². The fourth-order valence-corrected chi connectivity index (χ4v) is 4.02. The molecular formula is C13H23NO. The average molecular weight is 209 g/mol. The van der Waals surface area contributed by atoms with Gasteiger partial charge in [0.2, 0.25) is 5.91 Å². The largest absolute Gasteiger partial charge is 0.359 e. The molecule has 0 heterocycles. The molecule has 0 spiro atoms. The molecular weight excluding hydrogens is 186 g/mol. The van der Waals surface area contributed by atoms with Crippen LogP contribution in [0.25, 0.3) is 0 Å². The maximum Gasteiger partial charge on any atom is 0.219 e. The Kier molecular flexibility index (Phi) is 2.56. The number of hydrogen-bond donors (Lipinski definition) is 1. The first-order chi connectivity index (χ1) is 7.02. The van der Waals surface area contributed by atoms with Gasteiger partial charge in [-0.2, -0.15) is 0 Å². The van der Waals surface area contributed by atoms with Crippen LogP contribution in [0.4, 0.5) is 0 Å². The molecule has 86 valence electrons. The van der Waals surface area contributed by atoms with Crippen molar-refractivity contribution in [3.63, 3.8) is 0 Å². The maximum atomic E-state index is 11.3. The zero-order valence-corrected chi connectivity index (χ0v) is 10.2. The van der Waals surface area contributed by atoms with Crippen molar-refractivity contribution in [2.45, 2.75) is 52.4 Å². The van der Waals surface area contributed by atoms with E-state index in [4.69, 9.17) is 0 Å². The van der Waals surface area contributed by atoms with E-state index in [1.807, 2.05) is 0 Å². The van der Waals surface area contributed by atoms with E-state index in [0.717, 1.165) is 12.3 Å². The smallest absolute Gasteiger partial charge is 0.219 e. The summed E-state index contributed by atoms with van der Waals surface area (Å²) in [5.74, 6) is 1.12. The van der Waals surface area contributed by atoms with Crippen LogP contribution in [0, 0.1) is 16.7 Å². The molecule has 0 saturated heterocycles. The third-order valence-corrected chi connectivity index (χ3v) is 5.44. The highest BCUT2D eigenvalue weighted by Crippen LogP contribution is 2.67. The van der Waals surface area contributed by atoms with Crippen LogP contribution in [-0.2, 0) is 4.79 Å². The van der Waals surface area contributed by atoms with E-state index >= 15 is 0 Å². The zero-order valence-electron chi connectivity index (χ0n) is 10.2. The lowest BCUT2D eigenvalue weighted by molar-refractivity contribution is -0.121. The number of carbonyl (C=O) groups is 1. The fraction of sp³-hybridized carbons (Fsp3) is 0.923. The highest BCUT2D eigenvalue weighted by Gasteiger charge is 2.58. The molecule has 2 rings (SSSR count). The molecule has 2 nitrogen and oxygen atoms in total. The first-order valence-electron chi connectivity index (χ1n) is 6.22. The van der Waals surface area contributed by atoms with Crippen LogP contribution in [0.3, 0.4) is 0 Å². The van der Waals surface area contributed by atoms with Gasteiger partial charge < -0.3 is 5.32 Å². The van der Waals surface area contributed by atoms with Crippen molar-refractivity contribution in [3.05, 3.63) is 0 Å². The lowest BCUT2D eigenvalue weighted by atomic mass is 9.67. The van der Waals surface area contributed by atoms with Crippen LogP contribution in [0.1, 0.15) is 52.4 Å². The normalized spacial score (nSPS) is 36.9. The van der Waals surface area contributed by atoms with Gasteiger partial charge in [-0.15, -0.1) is 0 Å². The van der Waals surface area contributed by atoms with Crippen molar-refractivity contribution in [3.8, 4) is 0 Å². The van der Waals surface area contributed by atoms with Crippen molar-refractivity contribution in [2.24, 2.45) is 16.7 Å². The van der Waals surface area contributed by atoms with Gasteiger partial charge in [-0.3, -0.25) is 4.79 Å². The maximum absolute atomic E-state index is 11.3. The minimum atomic E-state index is 0.204. The Morgan fingerprint density at radius 1 is 1.33 bits per heavy atom. The topological polar surface area (TPSA) is 29.1 Å². The molecule has 2 saturated carbocycles. The summed E-state index contributed by atoms with van der Waals surface area (Å²) in [5.41, 5.74) is 0.950. The summed E-state index contributed by atoms with van der Waals surface area (Å²) in [5, 5.41) is 2.73. The van der Waals surface area contributed by atoms with Gasteiger partial charge in [0.15, 0.2) is 0 Å². The summed E-state index contributed by atoms with van der Waals surface area (Å²) in [7, 11) is 1.73. The minimum absolute atomic E-state index is 0.204. The molecule has 0 aliphatic heterocycles. The number of hydrogen-bond acceptors (Lipinski definition) is 1. The summed E-state index contributed by atoms with van der Waals surface area (Å²) in [4.78, 5) is 11.3. The highest BCUT2D eigenvalue weighted by molar-refractivity contribution is 5.75. The van der Waals surface area contributed by atoms with Gasteiger partial charge in [0.05, 0.1) is 0 Å². The number of fused-ring (bicyclic) bond motifs is 2. The molecule has 15 heavy (non-hydrogen) atoms. The Labute approximate surface area is 92.8 Å². The van der Waals surface area contributed by atoms with Crippen LogP contribution >= 0.6 is 0 Å². The van der Waals surface area contributed by atoms with Crippen molar-refractivity contribution < 1.29 is 4.79 Å². The Morgan fingerprint density at radius 2 is 1.93 bits per heavy atom. The summed E-state index contributed by atoms with van der Waals surface area (Å²) in [6, 6.07) is 0. The first-order valence-corrected chi connectivity index (χ1v) is 6.22. The molecule has 2 aliphatic rings. The zero-order chi connectivity index (χ0) is 11.1. The quantitative estimate of drug-likeness (QED) is 0.761. The molecule has 0 aromatic heterocycles. The average Bonchev–Trinajstić information content (AvgIpc) is 2.62. The van der Waals surface area contributed by atoms with E-state index in [0.29, 0.717) is 17.3 Å². The Hall–Kier alpha value is -0.530. The van der Waals surface area contributed by atoms with Gasteiger partial charge in [0.1, 0.15) is 0 Å². The monoisotopic (exact) mass is 209 g/mol. The Balaban J connectivity index is 2.04. The van der Waals surface area contributed by atoms with E-state index in [1.165, 1.54) is 25.7 Å². The lowest BCUT2D eigenvalue weighted by Crippen LogP contribution is -2.32. The second-order valence-corrected chi connectivity index (χ2v) is 5.95. The minimum Gasteiger partial charge on any atom is -0.359 e. The third kappa shape index (κ3) is 1.49. The van der Waals surface area contributed by atoms with Gasteiger partial charge in [0.25, 0.3) is 0 Å². The summed E-state index contributed by atoms with van der Waals surface area (Å²) in [6.45, 7) is 4.84. The van der Waals surface area contributed by atoms with E-state index in [-0.39, 0.29) is 5.91 Å². The van der Waals surface area contributed by atoms with Crippen molar-refractivity contribution in [1.82, 2.24) is 5.32 Å². The molecule has 0 aromatic carbocycles. The number of carbonyl (C=O) groups excluding carboxylic acids is 1. The molecule has 0 aromatic rings. The SMILES string of the molecule is CNC(=O)CCC12CCC(CC1)C2(C)C. The van der Waals surface area contributed by atoms with Gasteiger partial charge in [-0.1, -0.05) is 13.8 Å². The number of nitrogens with one attached hydrogen (secondary N) is 1. The predicted molar refractivity (Wildman–Crippen MR) is 61.5 cm³/mol. The van der Waals surface area contributed by atoms with Crippen molar-refractivity contribution in [1.29, 1.82) is 0 Å². The van der Waals surface area contributed by atoms with Crippen LogP contribution in [0.15, 0.2) is 0 Å². The Bertz CT molecular complexity index is 262. The van der Waals surface area contributed by atoms with Crippen LogP contribution in [-0.4, -0.2) is 13.0 Å². The Morgan fingerprint density at radius 3 is 2.33 bits per heavy atom. The third-order valence-electron chi connectivity index (χ3n) is 5.44. The molecule has 0 radical (unpaired) electrons. The molecule has 2 fully saturated rings. The first kappa shape index (κ1) is 11.0. The summed E-state index contributed by atoms with van der Waals surface area (Å²) < 4.78 is 0. The van der Waals surface area contributed by atoms with Gasteiger partial charge in [-0.05, 0) is 48.9 Å². The predicted octanol–water partition coefficient (Wildman–Crippen LogP) is 2.73. The van der Waals surface area contributed by atoms with E-state index in [9.17, 15) is 4.79 Å². The molecule has 2 heteroatoms. The molecule has 1 N–H and O–H groups in total. The van der Waals surface area contributed by atoms with Gasteiger partial charge in [-0.25, -0.2) is 0 Å². The molecule has 0 unspecified atom stereocenters. The van der Waals surface area contributed by atoms with Crippen molar-refractivity contribution in [2.75, 3.05) is 7.05 Å². The molecule has 2 aliphatic carbocycles. The highest BCUT2D eigenvalue weighted by atomic mass is 16.1. The lowest BCUT2D eigenvalue weighted by Gasteiger charge is -2.38. The second-order valence-electron chi connectivity index (χ2n) is 5.95. The molecule has 2 bridgehead atoms. The second kappa shape index (κ2) is 3.50. The summed E-state index contributed by atoms with van der Waals surface area (Å²) in [6.07, 6.45) is 7.29. The number of amides is 1. The van der Waals surface area contributed by atoms with E-state index in [1.54, 1.807) is 7.05 Å². The summed E-state index contributed by atoms with van der Waals surface area (Å²) >= 11 is 0. The van der Waals surface area contributed by atoms with E-state index < -0.39 is 0 Å². The molecule has 0 atom stereocenters. The molecule has 1 amide bonds. The van der Waals surface area contributed by atoms with Crippen LogP contribution < -0.4 is 5.32 Å². The number of rotatable bonds is 3.